The van der Waals surface area contributed by atoms with Crippen LogP contribution in [0.5, 0.6) is 0 Å². The molecule has 3 heteroatoms. The molecule has 0 bridgehead atoms. The Morgan fingerprint density at radius 2 is 1.08 bits per heavy atom. The van der Waals surface area contributed by atoms with Gasteiger partial charge in [0.05, 0.1) is 10.6 Å². The summed E-state index contributed by atoms with van der Waals surface area (Å²) in [5.41, 5.74) is 0.859. The molecular weight excluding hydrogens is 340 g/mol. The van der Waals surface area contributed by atoms with Crippen LogP contribution in [0.3, 0.4) is 0 Å². The summed E-state index contributed by atoms with van der Waals surface area (Å²) in [6, 6.07) is 7.30. The quantitative estimate of drug-likeness (QED) is 0.283. The van der Waals surface area contributed by atoms with E-state index in [0.29, 0.717) is 4.90 Å². The Hall–Kier alpha value is -0.830. The molecule has 0 aliphatic heterocycles. The van der Waals surface area contributed by atoms with Gasteiger partial charge in [0, 0.05) is 0 Å². The molecule has 0 aliphatic carbocycles. The standard InChI is InChI=1S/C23H40O2S/c1-3-4-5-6-7-8-9-10-11-12-13-14-15-18-21-26(24,25)23-20-17-16-19-22(23)2/h16-17,19-20H,3-15,18,21H2,1-2H3. The number of hydrogen-bond donors (Lipinski definition) is 0. The fourth-order valence-electron chi connectivity index (χ4n) is 3.50. The minimum Gasteiger partial charge on any atom is -0.224 e. The summed E-state index contributed by atoms with van der Waals surface area (Å²) in [5.74, 6) is 0.288. The third-order valence-corrected chi connectivity index (χ3v) is 7.15. The van der Waals surface area contributed by atoms with Crippen LogP contribution < -0.4 is 0 Å². The Morgan fingerprint density at radius 1 is 0.654 bits per heavy atom. The van der Waals surface area contributed by atoms with Crippen molar-refractivity contribution in [2.45, 2.75) is 109 Å². The fraction of sp³-hybridized carbons (Fsp3) is 0.739. The molecular formula is C23H40O2S. The molecule has 1 rings (SSSR count). The monoisotopic (exact) mass is 380 g/mol. The minimum atomic E-state index is -3.11. The number of sulfone groups is 1. The van der Waals surface area contributed by atoms with E-state index >= 15 is 0 Å². The normalized spacial score (nSPS) is 11.8. The van der Waals surface area contributed by atoms with E-state index in [1.165, 1.54) is 77.0 Å². The fourth-order valence-corrected chi connectivity index (χ4v) is 5.15. The lowest BCUT2D eigenvalue weighted by atomic mass is 10.0. The first kappa shape index (κ1) is 23.2. The topological polar surface area (TPSA) is 34.1 Å². The van der Waals surface area contributed by atoms with Crippen LogP contribution in [0.2, 0.25) is 0 Å². The van der Waals surface area contributed by atoms with Crippen LogP contribution in [0.25, 0.3) is 0 Å². The lowest BCUT2D eigenvalue weighted by molar-refractivity contribution is 0.537. The Bertz CT molecular complexity index is 563. The Kier molecular flexibility index (Phi) is 12.7. The van der Waals surface area contributed by atoms with Crippen LogP contribution in [-0.4, -0.2) is 14.2 Å². The number of rotatable bonds is 16. The molecule has 0 unspecified atom stereocenters. The maximum atomic E-state index is 12.4. The maximum Gasteiger partial charge on any atom is 0.178 e. The summed E-state index contributed by atoms with van der Waals surface area (Å²) in [7, 11) is -3.11. The zero-order valence-corrected chi connectivity index (χ0v) is 18.0. The van der Waals surface area contributed by atoms with Gasteiger partial charge in [0.15, 0.2) is 9.84 Å². The highest BCUT2D eigenvalue weighted by molar-refractivity contribution is 7.91. The van der Waals surface area contributed by atoms with Crippen LogP contribution in [-0.2, 0) is 9.84 Å². The third-order valence-electron chi connectivity index (χ3n) is 5.20. The summed E-state index contributed by atoms with van der Waals surface area (Å²) in [6.45, 7) is 4.14. The largest absolute Gasteiger partial charge is 0.224 e. The van der Waals surface area contributed by atoms with E-state index in [0.717, 1.165) is 18.4 Å². The first-order valence-corrected chi connectivity index (χ1v) is 12.5. The predicted octanol–water partition coefficient (Wildman–Crippen LogP) is 7.25. The molecule has 2 nitrogen and oxygen atoms in total. The van der Waals surface area contributed by atoms with E-state index in [1.807, 2.05) is 25.1 Å². The Labute approximate surface area is 162 Å². The molecule has 0 amide bonds. The van der Waals surface area contributed by atoms with Gasteiger partial charge in [0.1, 0.15) is 0 Å². The van der Waals surface area contributed by atoms with E-state index in [4.69, 9.17) is 0 Å². The van der Waals surface area contributed by atoms with Crippen molar-refractivity contribution in [2.75, 3.05) is 5.75 Å². The second-order valence-corrected chi connectivity index (χ2v) is 9.76. The maximum absolute atomic E-state index is 12.4. The molecule has 0 aliphatic rings. The number of aryl methyl sites for hydroxylation is 1. The van der Waals surface area contributed by atoms with Crippen molar-refractivity contribution >= 4 is 9.84 Å². The highest BCUT2D eigenvalue weighted by atomic mass is 32.2. The Morgan fingerprint density at radius 3 is 1.54 bits per heavy atom. The smallest absolute Gasteiger partial charge is 0.178 e. The zero-order valence-electron chi connectivity index (χ0n) is 17.1. The molecule has 1 aromatic carbocycles. The molecule has 0 aromatic heterocycles. The van der Waals surface area contributed by atoms with Crippen LogP contribution in [0.4, 0.5) is 0 Å². The van der Waals surface area contributed by atoms with Crippen molar-refractivity contribution in [1.82, 2.24) is 0 Å². The van der Waals surface area contributed by atoms with Crippen LogP contribution in [0, 0.1) is 6.92 Å². The van der Waals surface area contributed by atoms with E-state index in [1.54, 1.807) is 6.07 Å². The van der Waals surface area contributed by atoms with Crippen molar-refractivity contribution in [1.29, 1.82) is 0 Å². The van der Waals surface area contributed by atoms with Crippen LogP contribution >= 0.6 is 0 Å². The molecule has 1 aromatic rings. The average molecular weight is 381 g/mol. The van der Waals surface area contributed by atoms with E-state index in [-0.39, 0.29) is 5.75 Å². The number of benzene rings is 1. The molecule has 26 heavy (non-hydrogen) atoms. The molecule has 0 heterocycles. The van der Waals surface area contributed by atoms with Gasteiger partial charge in [-0.05, 0) is 25.0 Å². The van der Waals surface area contributed by atoms with Gasteiger partial charge in [-0.15, -0.1) is 0 Å². The summed E-state index contributed by atoms with van der Waals surface area (Å²) < 4.78 is 24.7. The summed E-state index contributed by atoms with van der Waals surface area (Å²) in [6.07, 6.45) is 18.0. The van der Waals surface area contributed by atoms with Crippen LogP contribution in [0.15, 0.2) is 29.2 Å². The zero-order chi connectivity index (χ0) is 19.1. The summed E-state index contributed by atoms with van der Waals surface area (Å²) in [5, 5.41) is 0. The van der Waals surface area contributed by atoms with Gasteiger partial charge in [0.2, 0.25) is 0 Å². The average Bonchev–Trinajstić information content (AvgIpc) is 2.62. The van der Waals surface area contributed by atoms with Crippen molar-refractivity contribution in [2.24, 2.45) is 0 Å². The number of unbranched alkanes of at least 4 members (excludes halogenated alkanes) is 13. The van der Waals surface area contributed by atoms with E-state index < -0.39 is 9.84 Å². The lowest BCUT2D eigenvalue weighted by Crippen LogP contribution is -2.08. The molecule has 150 valence electrons. The second-order valence-electron chi connectivity index (χ2n) is 7.68. The second kappa shape index (κ2) is 14.3. The molecule has 0 saturated heterocycles. The van der Waals surface area contributed by atoms with Gasteiger partial charge in [-0.3, -0.25) is 0 Å². The van der Waals surface area contributed by atoms with Crippen molar-refractivity contribution in [3.63, 3.8) is 0 Å². The number of hydrogen-bond acceptors (Lipinski definition) is 2. The van der Waals surface area contributed by atoms with Crippen molar-refractivity contribution < 1.29 is 8.42 Å². The molecule has 0 N–H and O–H groups in total. The first-order chi connectivity index (χ1) is 12.6. The molecule has 0 saturated carbocycles. The highest BCUT2D eigenvalue weighted by Crippen LogP contribution is 2.18. The van der Waals surface area contributed by atoms with E-state index in [9.17, 15) is 8.42 Å². The van der Waals surface area contributed by atoms with Gasteiger partial charge in [-0.1, -0.05) is 109 Å². The minimum absolute atomic E-state index is 0.288. The molecule has 0 radical (unpaired) electrons. The van der Waals surface area contributed by atoms with Gasteiger partial charge in [-0.25, -0.2) is 8.42 Å². The van der Waals surface area contributed by atoms with E-state index in [2.05, 4.69) is 6.92 Å². The molecule has 0 spiro atoms. The van der Waals surface area contributed by atoms with Crippen molar-refractivity contribution in [3.8, 4) is 0 Å². The highest BCUT2D eigenvalue weighted by Gasteiger charge is 2.15. The molecule has 0 fully saturated rings. The first-order valence-electron chi connectivity index (χ1n) is 10.9. The van der Waals surface area contributed by atoms with Gasteiger partial charge >= 0.3 is 0 Å². The van der Waals surface area contributed by atoms with Gasteiger partial charge in [-0.2, -0.15) is 0 Å². The Balaban J connectivity index is 1.96. The van der Waals surface area contributed by atoms with Gasteiger partial charge < -0.3 is 0 Å². The predicted molar refractivity (Wildman–Crippen MR) is 114 cm³/mol. The summed E-state index contributed by atoms with van der Waals surface area (Å²) in [4.78, 5) is 0.509. The van der Waals surface area contributed by atoms with Crippen molar-refractivity contribution in [3.05, 3.63) is 29.8 Å². The SMILES string of the molecule is CCCCCCCCCCCCCCCCS(=O)(=O)c1ccccc1C. The molecule has 0 atom stereocenters. The lowest BCUT2D eigenvalue weighted by Gasteiger charge is -2.07. The summed E-state index contributed by atoms with van der Waals surface area (Å²) >= 11 is 0. The van der Waals surface area contributed by atoms with Gasteiger partial charge in [0.25, 0.3) is 0 Å². The third kappa shape index (κ3) is 10.4. The van der Waals surface area contributed by atoms with Crippen LogP contribution in [0.1, 0.15) is 102 Å².